The van der Waals surface area contributed by atoms with Crippen molar-refractivity contribution in [2.75, 3.05) is 0 Å². The van der Waals surface area contributed by atoms with Crippen LogP contribution in [0.25, 0.3) is 55.3 Å². The molecule has 10 rings (SSSR count). The molecule has 1 aliphatic heterocycles. The molecule has 0 bridgehead atoms. The van der Waals surface area contributed by atoms with Gasteiger partial charge in [0.05, 0.1) is 17.8 Å². The molecule has 3 aliphatic rings. The zero-order valence-corrected chi connectivity index (χ0v) is 30.6. The highest BCUT2D eigenvalue weighted by Gasteiger charge is 2.24. The Morgan fingerprint density at radius 2 is 1.16 bits per heavy atom. The summed E-state index contributed by atoms with van der Waals surface area (Å²) >= 11 is 0. The first-order valence-electron chi connectivity index (χ1n) is 19.4. The number of fused-ring (bicyclic) bond motifs is 3. The van der Waals surface area contributed by atoms with E-state index in [2.05, 4.69) is 204 Å². The van der Waals surface area contributed by atoms with Crippen LogP contribution in [0.5, 0.6) is 0 Å². The van der Waals surface area contributed by atoms with Crippen LogP contribution in [0.2, 0.25) is 0 Å². The lowest BCUT2D eigenvalue weighted by atomic mass is 9.94. The lowest BCUT2D eigenvalue weighted by Crippen LogP contribution is -2.38. The van der Waals surface area contributed by atoms with E-state index in [0.29, 0.717) is 0 Å². The Bertz CT molecular complexity index is 2720. The molecule has 0 spiro atoms. The maximum absolute atomic E-state index is 5.17. The summed E-state index contributed by atoms with van der Waals surface area (Å²) in [5.74, 6) is 0.891. The molecule has 2 atom stereocenters. The molecule has 1 aromatic heterocycles. The SMILES string of the molecule is C1=CCCC(c2ccc3c(c2)c2cc(-c4ccccc4)ccc2n3C2C=CC(C3C=C(c4ccc(-c5ccccc5)cc4)N=C(c4ccccc4)N3)=CC2)=C1. The van der Waals surface area contributed by atoms with Crippen molar-refractivity contribution in [3.63, 3.8) is 0 Å². The minimum atomic E-state index is -0.0133. The summed E-state index contributed by atoms with van der Waals surface area (Å²) in [6.07, 6.45) is 19.2. The molecule has 6 aromatic carbocycles. The molecule has 0 radical (unpaired) electrons. The summed E-state index contributed by atoms with van der Waals surface area (Å²) in [4.78, 5) is 5.17. The van der Waals surface area contributed by atoms with Gasteiger partial charge < -0.3 is 9.88 Å². The van der Waals surface area contributed by atoms with Crippen molar-refractivity contribution in [1.29, 1.82) is 0 Å². The minimum absolute atomic E-state index is 0.0133. The van der Waals surface area contributed by atoms with Crippen molar-refractivity contribution >= 4 is 38.9 Å². The predicted molar refractivity (Wildman–Crippen MR) is 232 cm³/mol. The van der Waals surface area contributed by atoms with Crippen molar-refractivity contribution in [2.45, 2.75) is 31.3 Å². The Labute approximate surface area is 322 Å². The summed E-state index contributed by atoms with van der Waals surface area (Å²) in [6.45, 7) is 0. The summed E-state index contributed by atoms with van der Waals surface area (Å²) in [7, 11) is 0. The van der Waals surface area contributed by atoms with E-state index in [-0.39, 0.29) is 12.1 Å². The number of hydrogen-bond donors (Lipinski definition) is 1. The Morgan fingerprint density at radius 3 is 1.80 bits per heavy atom. The van der Waals surface area contributed by atoms with Gasteiger partial charge in [0, 0.05) is 27.4 Å². The monoisotopic (exact) mass is 707 g/mol. The Hall–Kier alpha value is -6.71. The van der Waals surface area contributed by atoms with E-state index in [1.807, 2.05) is 0 Å². The first-order chi connectivity index (χ1) is 27.2. The number of rotatable bonds is 7. The second-order valence-electron chi connectivity index (χ2n) is 14.7. The second kappa shape index (κ2) is 14.3. The number of allylic oxidation sites excluding steroid dienone is 6. The topological polar surface area (TPSA) is 29.3 Å². The van der Waals surface area contributed by atoms with Gasteiger partial charge in [-0.2, -0.15) is 0 Å². The van der Waals surface area contributed by atoms with E-state index >= 15 is 0 Å². The summed E-state index contributed by atoms with van der Waals surface area (Å²) in [5, 5.41) is 6.40. The average molecular weight is 708 g/mol. The van der Waals surface area contributed by atoms with Gasteiger partial charge in [0.25, 0.3) is 0 Å². The van der Waals surface area contributed by atoms with E-state index < -0.39 is 0 Å². The molecular weight excluding hydrogens is 667 g/mol. The number of aromatic nitrogens is 1. The van der Waals surface area contributed by atoms with Crippen LogP contribution in [0.1, 0.15) is 42.0 Å². The van der Waals surface area contributed by atoms with Crippen LogP contribution in [0.15, 0.2) is 205 Å². The molecular formula is C52H41N3. The highest BCUT2D eigenvalue weighted by molar-refractivity contribution is 6.10. The number of aliphatic imine (C=N–C) groups is 1. The molecule has 0 saturated carbocycles. The van der Waals surface area contributed by atoms with E-state index in [1.165, 1.54) is 60.8 Å². The summed E-state index contributed by atoms with van der Waals surface area (Å²) in [5.41, 5.74) is 14.6. The number of nitrogens with zero attached hydrogens (tertiary/aromatic N) is 2. The van der Waals surface area contributed by atoms with E-state index in [1.54, 1.807) is 0 Å². The Balaban J connectivity index is 1.00. The van der Waals surface area contributed by atoms with Crippen LogP contribution in [0, 0.1) is 0 Å². The second-order valence-corrected chi connectivity index (χ2v) is 14.7. The van der Waals surface area contributed by atoms with Gasteiger partial charge in [0.1, 0.15) is 5.84 Å². The zero-order chi connectivity index (χ0) is 36.6. The largest absolute Gasteiger partial charge is 0.359 e. The van der Waals surface area contributed by atoms with Crippen molar-refractivity contribution in [1.82, 2.24) is 9.88 Å². The third-order valence-corrected chi connectivity index (χ3v) is 11.3. The molecule has 0 amide bonds. The molecule has 3 heteroatoms. The van der Waals surface area contributed by atoms with Crippen LogP contribution < -0.4 is 5.32 Å². The average Bonchev–Trinajstić information content (AvgIpc) is 3.60. The van der Waals surface area contributed by atoms with Crippen LogP contribution in [-0.2, 0) is 0 Å². The molecule has 2 heterocycles. The van der Waals surface area contributed by atoms with Crippen LogP contribution in [-0.4, -0.2) is 16.4 Å². The van der Waals surface area contributed by atoms with Crippen molar-refractivity contribution in [2.24, 2.45) is 4.99 Å². The zero-order valence-electron chi connectivity index (χ0n) is 30.6. The summed E-state index contributed by atoms with van der Waals surface area (Å²) < 4.78 is 2.56. The first kappa shape index (κ1) is 32.9. The van der Waals surface area contributed by atoms with Gasteiger partial charge in [-0.15, -0.1) is 0 Å². The van der Waals surface area contributed by atoms with Crippen LogP contribution >= 0.6 is 0 Å². The predicted octanol–water partition coefficient (Wildman–Crippen LogP) is 12.7. The first-order valence-corrected chi connectivity index (χ1v) is 19.4. The maximum atomic E-state index is 5.17. The van der Waals surface area contributed by atoms with Crippen molar-refractivity contribution in [3.8, 4) is 22.3 Å². The van der Waals surface area contributed by atoms with Gasteiger partial charge in [-0.1, -0.05) is 164 Å². The van der Waals surface area contributed by atoms with Crippen LogP contribution in [0.4, 0.5) is 0 Å². The molecule has 7 aromatic rings. The van der Waals surface area contributed by atoms with Crippen molar-refractivity contribution in [3.05, 3.63) is 216 Å². The quantitative estimate of drug-likeness (QED) is 0.176. The highest BCUT2D eigenvalue weighted by Crippen LogP contribution is 2.39. The molecule has 0 fully saturated rings. The van der Waals surface area contributed by atoms with Gasteiger partial charge in [-0.05, 0) is 94.1 Å². The van der Waals surface area contributed by atoms with Gasteiger partial charge in [0.15, 0.2) is 0 Å². The standard InChI is InChI=1S/C52H41N3/c1-5-13-36(14-6-1)39-21-23-40(24-22-39)48-35-49(54-52(53-48)42-19-11-4-12-20-42)41-25-29-45(30-26-41)55-50-31-27-43(37-15-7-2-8-16-37)33-46(50)47-34-44(28-32-51(47)55)38-17-9-3-10-18-38/h1-9,11-17,19-29,31-35,45,49H,10,18,30H2,(H,53,54). The normalized spacial score (nSPS) is 18.0. The number of benzene rings is 6. The van der Waals surface area contributed by atoms with Gasteiger partial charge in [-0.3, -0.25) is 0 Å². The molecule has 0 saturated heterocycles. The lowest BCUT2D eigenvalue weighted by Gasteiger charge is -2.28. The van der Waals surface area contributed by atoms with Crippen molar-refractivity contribution < 1.29 is 0 Å². The number of hydrogen-bond acceptors (Lipinski definition) is 2. The lowest BCUT2D eigenvalue weighted by molar-refractivity contribution is 0.638. The molecule has 3 nitrogen and oxygen atoms in total. The fourth-order valence-electron chi connectivity index (χ4n) is 8.40. The Kier molecular flexibility index (Phi) is 8.53. The molecule has 264 valence electrons. The molecule has 2 aliphatic carbocycles. The van der Waals surface area contributed by atoms with E-state index in [0.717, 1.165) is 41.9 Å². The third-order valence-electron chi connectivity index (χ3n) is 11.3. The fraction of sp³-hybridized carbons (Fsp3) is 0.0962. The fourth-order valence-corrected chi connectivity index (χ4v) is 8.40. The van der Waals surface area contributed by atoms with Crippen LogP contribution in [0.3, 0.4) is 0 Å². The smallest absolute Gasteiger partial charge is 0.134 e. The molecule has 55 heavy (non-hydrogen) atoms. The highest BCUT2D eigenvalue weighted by atomic mass is 15.1. The number of nitrogens with one attached hydrogen (secondary N) is 1. The van der Waals surface area contributed by atoms with Gasteiger partial charge >= 0.3 is 0 Å². The minimum Gasteiger partial charge on any atom is -0.359 e. The Morgan fingerprint density at radius 1 is 0.582 bits per heavy atom. The number of amidine groups is 1. The van der Waals surface area contributed by atoms with Gasteiger partial charge in [-0.25, -0.2) is 4.99 Å². The summed E-state index contributed by atoms with van der Waals surface area (Å²) in [6, 6.07) is 54.8. The molecule has 2 unspecified atom stereocenters. The van der Waals surface area contributed by atoms with Gasteiger partial charge in [0.2, 0.25) is 0 Å². The molecule has 1 N–H and O–H groups in total. The maximum Gasteiger partial charge on any atom is 0.134 e. The van der Waals surface area contributed by atoms with E-state index in [4.69, 9.17) is 4.99 Å². The van der Waals surface area contributed by atoms with E-state index in [9.17, 15) is 0 Å². The third kappa shape index (κ3) is 6.38.